The van der Waals surface area contributed by atoms with E-state index in [9.17, 15) is 14.4 Å². The van der Waals surface area contributed by atoms with Gasteiger partial charge in [0.15, 0.2) is 0 Å². The molecule has 2 bridgehead atoms. The van der Waals surface area contributed by atoms with Gasteiger partial charge in [-0.05, 0) is 54.0 Å². The van der Waals surface area contributed by atoms with E-state index in [1.807, 2.05) is 53.7 Å². The van der Waals surface area contributed by atoms with Crippen LogP contribution in [0.2, 0.25) is 0 Å². The average Bonchev–Trinajstić information content (AvgIpc) is 2.74. The fraction of sp³-hybridized carbons (Fsp3) is 0.500. The molecule has 0 aromatic heterocycles. The van der Waals surface area contributed by atoms with Crippen LogP contribution in [-0.2, 0) is 14.4 Å². The SMILES string of the molecule is CC(C)/C=C/C(=O)N[C@@H]1C(=O)N[C@@H](CC(C)C)C(=O)N/C=C\c2ccc(cc2)O[C@H]1C(C)C. The van der Waals surface area contributed by atoms with E-state index in [0.29, 0.717) is 12.2 Å². The van der Waals surface area contributed by atoms with Gasteiger partial charge in [0, 0.05) is 6.20 Å². The Bertz CT molecular complexity index is 872. The van der Waals surface area contributed by atoms with E-state index in [4.69, 9.17) is 4.74 Å². The van der Waals surface area contributed by atoms with Crippen LogP contribution in [0, 0.1) is 17.8 Å². The second-order valence-corrected chi connectivity index (χ2v) is 9.52. The molecule has 33 heavy (non-hydrogen) atoms. The van der Waals surface area contributed by atoms with Gasteiger partial charge < -0.3 is 20.7 Å². The third-order valence-corrected chi connectivity index (χ3v) is 5.19. The highest BCUT2D eigenvalue weighted by molar-refractivity contribution is 5.95. The summed E-state index contributed by atoms with van der Waals surface area (Å²) in [6.45, 7) is 11.8. The summed E-state index contributed by atoms with van der Waals surface area (Å²) in [5.74, 6) is -0.295. The van der Waals surface area contributed by atoms with Gasteiger partial charge in [-0.2, -0.15) is 0 Å². The van der Waals surface area contributed by atoms with E-state index in [2.05, 4.69) is 16.0 Å². The number of hydrogen-bond donors (Lipinski definition) is 3. The molecule has 7 heteroatoms. The molecule has 0 aliphatic carbocycles. The van der Waals surface area contributed by atoms with Gasteiger partial charge in [-0.1, -0.05) is 59.8 Å². The van der Waals surface area contributed by atoms with Crippen LogP contribution in [0.4, 0.5) is 0 Å². The van der Waals surface area contributed by atoms with Gasteiger partial charge in [0.1, 0.15) is 23.9 Å². The first-order chi connectivity index (χ1) is 15.6. The number of carbonyl (C=O) groups is 3. The van der Waals surface area contributed by atoms with Crippen molar-refractivity contribution in [3.05, 3.63) is 48.2 Å². The summed E-state index contributed by atoms with van der Waals surface area (Å²) in [5, 5.41) is 8.41. The lowest BCUT2D eigenvalue weighted by molar-refractivity contribution is -0.133. The zero-order valence-electron chi connectivity index (χ0n) is 20.4. The first kappa shape index (κ1) is 26.2. The van der Waals surface area contributed by atoms with Gasteiger partial charge in [-0.25, -0.2) is 0 Å². The summed E-state index contributed by atoms with van der Waals surface area (Å²) in [6.07, 6.45) is 6.36. The summed E-state index contributed by atoms with van der Waals surface area (Å²) in [4.78, 5) is 38.9. The van der Waals surface area contributed by atoms with Gasteiger partial charge in [0.25, 0.3) is 0 Å². The van der Waals surface area contributed by atoms with E-state index in [1.54, 1.807) is 30.5 Å². The highest BCUT2D eigenvalue weighted by Crippen LogP contribution is 2.21. The number of allylic oxidation sites excluding steroid dienone is 1. The molecule has 1 aromatic carbocycles. The van der Waals surface area contributed by atoms with Crippen molar-refractivity contribution >= 4 is 23.8 Å². The Labute approximate surface area is 197 Å². The first-order valence-corrected chi connectivity index (χ1v) is 11.6. The molecule has 0 saturated carbocycles. The Balaban J connectivity index is 2.46. The zero-order valence-corrected chi connectivity index (χ0v) is 20.4. The Morgan fingerprint density at radius 3 is 2.30 bits per heavy atom. The van der Waals surface area contributed by atoms with E-state index < -0.39 is 24.1 Å². The van der Waals surface area contributed by atoms with Crippen LogP contribution < -0.4 is 20.7 Å². The maximum atomic E-state index is 13.4. The minimum atomic E-state index is -0.991. The van der Waals surface area contributed by atoms with Crippen molar-refractivity contribution < 1.29 is 19.1 Å². The molecule has 7 nitrogen and oxygen atoms in total. The van der Waals surface area contributed by atoms with Crippen molar-refractivity contribution in [1.29, 1.82) is 0 Å². The van der Waals surface area contributed by atoms with Crippen molar-refractivity contribution in [2.45, 2.75) is 66.2 Å². The lowest BCUT2D eigenvalue weighted by Gasteiger charge is -2.32. The van der Waals surface area contributed by atoms with Crippen molar-refractivity contribution in [2.24, 2.45) is 17.8 Å². The predicted molar refractivity (Wildman–Crippen MR) is 130 cm³/mol. The fourth-order valence-electron chi connectivity index (χ4n) is 3.47. The van der Waals surface area contributed by atoms with E-state index in [0.717, 1.165) is 5.56 Å². The van der Waals surface area contributed by atoms with Crippen LogP contribution in [0.15, 0.2) is 42.6 Å². The summed E-state index contributed by atoms with van der Waals surface area (Å²) in [5.41, 5.74) is 0.897. The number of rotatable bonds is 6. The van der Waals surface area contributed by atoms with Gasteiger partial charge >= 0.3 is 0 Å². The molecule has 0 spiro atoms. The molecule has 0 unspecified atom stereocenters. The number of ether oxygens (including phenoxy) is 1. The third kappa shape index (κ3) is 8.40. The van der Waals surface area contributed by atoms with Crippen LogP contribution in [0.1, 0.15) is 53.5 Å². The molecule has 3 rings (SSSR count). The summed E-state index contributed by atoms with van der Waals surface area (Å²) in [6, 6.07) is 5.61. The highest BCUT2D eigenvalue weighted by Gasteiger charge is 2.36. The predicted octanol–water partition coefficient (Wildman–Crippen LogP) is 3.42. The lowest BCUT2D eigenvalue weighted by Crippen LogP contribution is -2.59. The molecule has 2 aliphatic rings. The Morgan fingerprint density at radius 2 is 1.73 bits per heavy atom. The average molecular weight is 456 g/mol. The van der Waals surface area contributed by atoms with Crippen LogP contribution in [-0.4, -0.2) is 35.9 Å². The monoisotopic (exact) mass is 455 g/mol. The second kappa shape index (κ2) is 12.2. The van der Waals surface area contributed by atoms with Gasteiger partial charge in [0.2, 0.25) is 17.7 Å². The normalized spacial score (nSPS) is 22.8. The van der Waals surface area contributed by atoms with E-state index >= 15 is 0 Å². The standard InChI is InChI=1S/C26H37N3O4/c1-16(2)7-12-22(30)29-23-24(18(5)6)33-20-10-8-19(9-11-20)13-14-27-25(31)21(15-17(3)4)28-26(23)32/h7-14,16-18,21,23-24H,15H2,1-6H3,(H,27,31)(H,28,32)(H,29,30)/b12-7+,14-13-/t21-,23-,24-/m0/s1. The van der Waals surface area contributed by atoms with Crippen LogP contribution in [0.25, 0.3) is 6.08 Å². The number of hydrogen-bond acceptors (Lipinski definition) is 4. The maximum absolute atomic E-state index is 13.4. The highest BCUT2D eigenvalue weighted by atomic mass is 16.5. The molecule has 3 N–H and O–H groups in total. The molecule has 0 fully saturated rings. The largest absolute Gasteiger partial charge is 0.487 e. The Hall–Kier alpha value is -3.09. The van der Waals surface area contributed by atoms with Gasteiger partial charge in [-0.3, -0.25) is 14.4 Å². The van der Waals surface area contributed by atoms with Crippen molar-refractivity contribution in [3.8, 4) is 5.75 Å². The lowest BCUT2D eigenvalue weighted by atomic mass is 9.96. The number of nitrogens with one attached hydrogen (secondary N) is 3. The van der Waals surface area contributed by atoms with Gasteiger partial charge in [-0.15, -0.1) is 0 Å². The number of fused-ring (bicyclic) bond motifs is 10. The zero-order chi connectivity index (χ0) is 24.5. The van der Waals surface area contributed by atoms with Gasteiger partial charge in [0.05, 0.1) is 0 Å². The molecular formula is C26H37N3O4. The summed E-state index contributed by atoms with van der Waals surface area (Å²) >= 11 is 0. The molecular weight excluding hydrogens is 418 g/mol. The van der Waals surface area contributed by atoms with Crippen molar-refractivity contribution in [3.63, 3.8) is 0 Å². The van der Waals surface area contributed by atoms with Crippen LogP contribution in [0.3, 0.4) is 0 Å². The Morgan fingerprint density at radius 1 is 1.06 bits per heavy atom. The molecule has 3 atom stereocenters. The third-order valence-electron chi connectivity index (χ3n) is 5.19. The van der Waals surface area contributed by atoms with Crippen molar-refractivity contribution in [2.75, 3.05) is 0 Å². The quantitative estimate of drug-likeness (QED) is 0.573. The summed E-state index contributed by atoms with van der Waals surface area (Å²) < 4.78 is 6.20. The smallest absolute Gasteiger partial charge is 0.247 e. The molecule has 2 aliphatic heterocycles. The number of amides is 3. The number of benzene rings is 1. The van der Waals surface area contributed by atoms with E-state index in [1.165, 1.54) is 6.08 Å². The molecule has 2 heterocycles. The molecule has 180 valence electrons. The van der Waals surface area contributed by atoms with Crippen LogP contribution >= 0.6 is 0 Å². The van der Waals surface area contributed by atoms with E-state index in [-0.39, 0.29) is 29.6 Å². The topological polar surface area (TPSA) is 96.5 Å². The maximum Gasteiger partial charge on any atom is 0.247 e. The number of carbonyl (C=O) groups excluding carboxylic acids is 3. The minimum Gasteiger partial charge on any atom is -0.487 e. The van der Waals surface area contributed by atoms with Crippen LogP contribution in [0.5, 0.6) is 5.75 Å². The molecule has 1 aromatic rings. The fourth-order valence-corrected chi connectivity index (χ4v) is 3.47. The minimum absolute atomic E-state index is 0.0972. The summed E-state index contributed by atoms with van der Waals surface area (Å²) in [7, 11) is 0. The second-order valence-electron chi connectivity index (χ2n) is 9.52. The Kier molecular flexibility index (Phi) is 9.70. The molecule has 0 radical (unpaired) electrons. The molecule has 0 saturated heterocycles. The molecule has 3 amide bonds. The first-order valence-electron chi connectivity index (χ1n) is 11.6. The van der Waals surface area contributed by atoms with Crippen molar-refractivity contribution in [1.82, 2.24) is 16.0 Å².